The van der Waals surface area contributed by atoms with Crippen LogP contribution in [0.25, 0.3) is 0 Å². The number of hydrogen-bond donors (Lipinski definition) is 1. The van der Waals surface area contributed by atoms with Crippen molar-refractivity contribution in [1.29, 1.82) is 0 Å². The van der Waals surface area contributed by atoms with E-state index in [1.165, 1.54) is 0 Å². The highest BCUT2D eigenvalue weighted by atomic mass is 16.3. The summed E-state index contributed by atoms with van der Waals surface area (Å²) in [7, 11) is 0. The Labute approximate surface area is 91.5 Å². The molecule has 0 fully saturated rings. The van der Waals surface area contributed by atoms with Crippen LogP contribution < -0.4 is 4.90 Å². The summed E-state index contributed by atoms with van der Waals surface area (Å²) in [6.07, 6.45) is 6.38. The van der Waals surface area contributed by atoms with Crippen LogP contribution in [0.5, 0.6) is 0 Å². The zero-order chi connectivity index (χ0) is 11.1. The van der Waals surface area contributed by atoms with Crippen molar-refractivity contribution in [3.8, 4) is 12.3 Å². The molecule has 0 radical (unpaired) electrons. The minimum absolute atomic E-state index is 0.0565. The van der Waals surface area contributed by atoms with Crippen molar-refractivity contribution in [1.82, 2.24) is 0 Å². The second-order valence-electron chi connectivity index (χ2n) is 3.41. The van der Waals surface area contributed by atoms with Crippen LogP contribution in [0.3, 0.4) is 0 Å². The van der Waals surface area contributed by atoms with Crippen LogP contribution in [0.15, 0.2) is 24.3 Å². The predicted octanol–water partition coefficient (Wildman–Crippen LogP) is 2.03. The molecule has 0 spiro atoms. The van der Waals surface area contributed by atoms with Crippen LogP contribution in [0.1, 0.15) is 18.9 Å². The third-order valence-corrected chi connectivity index (χ3v) is 2.28. The normalized spacial score (nSPS) is 9.67. The highest BCUT2D eigenvalue weighted by molar-refractivity contribution is 5.54. The second kappa shape index (κ2) is 6.10. The molecule has 2 nitrogen and oxygen atoms in total. The van der Waals surface area contributed by atoms with Crippen molar-refractivity contribution in [2.75, 3.05) is 18.0 Å². The van der Waals surface area contributed by atoms with E-state index in [0.29, 0.717) is 6.54 Å². The minimum Gasteiger partial charge on any atom is -0.392 e. The van der Waals surface area contributed by atoms with Gasteiger partial charge in [-0.3, -0.25) is 0 Å². The molecular weight excluding hydrogens is 186 g/mol. The van der Waals surface area contributed by atoms with E-state index in [1.807, 2.05) is 24.3 Å². The number of hydrogen-bond acceptors (Lipinski definition) is 2. The molecule has 0 heterocycles. The molecule has 0 unspecified atom stereocenters. The molecule has 0 aliphatic rings. The summed E-state index contributed by atoms with van der Waals surface area (Å²) in [4.78, 5) is 2.12. The van der Waals surface area contributed by atoms with Crippen LogP contribution in [0.4, 0.5) is 5.69 Å². The molecule has 2 heteroatoms. The number of para-hydroxylation sites is 1. The Morgan fingerprint density at radius 3 is 2.73 bits per heavy atom. The van der Waals surface area contributed by atoms with Crippen molar-refractivity contribution in [3.05, 3.63) is 29.8 Å². The van der Waals surface area contributed by atoms with E-state index in [2.05, 4.69) is 17.7 Å². The second-order valence-corrected chi connectivity index (χ2v) is 3.41. The molecule has 0 atom stereocenters. The van der Waals surface area contributed by atoms with Gasteiger partial charge in [0.25, 0.3) is 0 Å². The lowest BCUT2D eigenvalue weighted by Crippen LogP contribution is -2.25. The topological polar surface area (TPSA) is 23.5 Å². The maximum atomic E-state index is 9.23. The Morgan fingerprint density at radius 2 is 2.13 bits per heavy atom. The van der Waals surface area contributed by atoms with Crippen LogP contribution in [-0.2, 0) is 6.61 Å². The van der Waals surface area contributed by atoms with Gasteiger partial charge in [0.1, 0.15) is 0 Å². The molecular formula is C13H17NO. The SMILES string of the molecule is C#CCN(CCC)c1ccccc1CO. The van der Waals surface area contributed by atoms with E-state index < -0.39 is 0 Å². The first kappa shape index (κ1) is 11.6. The Morgan fingerprint density at radius 1 is 1.40 bits per heavy atom. The summed E-state index contributed by atoms with van der Waals surface area (Å²) in [6.45, 7) is 3.68. The van der Waals surface area contributed by atoms with Crippen LogP contribution in [0.2, 0.25) is 0 Å². The fourth-order valence-corrected chi connectivity index (χ4v) is 1.62. The van der Waals surface area contributed by atoms with Crippen LogP contribution in [-0.4, -0.2) is 18.2 Å². The molecule has 0 bridgehead atoms. The van der Waals surface area contributed by atoms with Gasteiger partial charge in [-0.1, -0.05) is 31.0 Å². The van der Waals surface area contributed by atoms with Gasteiger partial charge in [-0.25, -0.2) is 0 Å². The summed E-state index contributed by atoms with van der Waals surface area (Å²) < 4.78 is 0. The molecule has 1 aromatic rings. The van der Waals surface area contributed by atoms with Crippen molar-refractivity contribution < 1.29 is 5.11 Å². The van der Waals surface area contributed by atoms with Gasteiger partial charge in [-0.2, -0.15) is 0 Å². The molecule has 80 valence electrons. The number of aliphatic hydroxyl groups excluding tert-OH is 1. The lowest BCUT2D eigenvalue weighted by molar-refractivity contribution is 0.282. The average Bonchev–Trinajstić information content (AvgIpc) is 2.29. The Hall–Kier alpha value is -1.46. The summed E-state index contributed by atoms with van der Waals surface area (Å²) >= 11 is 0. The van der Waals surface area contributed by atoms with E-state index >= 15 is 0 Å². The molecule has 0 aliphatic heterocycles. The lowest BCUT2D eigenvalue weighted by atomic mass is 10.1. The van der Waals surface area contributed by atoms with E-state index in [-0.39, 0.29) is 6.61 Å². The standard InChI is InChI=1S/C13H17NO/c1-3-9-14(10-4-2)13-8-6-5-7-12(13)11-15/h1,5-8,15H,4,9-11H2,2H3. The van der Waals surface area contributed by atoms with Gasteiger partial charge >= 0.3 is 0 Å². The molecule has 1 N–H and O–H groups in total. The smallest absolute Gasteiger partial charge is 0.0791 e. The molecule has 1 aromatic carbocycles. The maximum Gasteiger partial charge on any atom is 0.0791 e. The highest BCUT2D eigenvalue weighted by Crippen LogP contribution is 2.20. The van der Waals surface area contributed by atoms with Gasteiger partial charge in [0.2, 0.25) is 0 Å². The van der Waals surface area contributed by atoms with Gasteiger partial charge in [0, 0.05) is 17.8 Å². The van der Waals surface area contributed by atoms with Crippen molar-refractivity contribution in [3.63, 3.8) is 0 Å². The molecule has 0 amide bonds. The summed E-state index contributed by atoms with van der Waals surface area (Å²) in [5.41, 5.74) is 1.97. The van der Waals surface area contributed by atoms with E-state index in [9.17, 15) is 5.11 Å². The van der Waals surface area contributed by atoms with E-state index in [1.54, 1.807) is 0 Å². The van der Waals surface area contributed by atoms with Crippen molar-refractivity contribution >= 4 is 5.69 Å². The fourth-order valence-electron chi connectivity index (χ4n) is 1.62. The molecule has 15 heavy (non-hydrogen) atoms. The quantitative estimate of drug-likeness (QED) is 0.740. The van der Waals surface area contributed by atoms with Crippen LogP contribution >= 0.6 is 0 Å². The summed E-state index contributed by atoms with van der Waals surface area (Å²) in [5, 5.41) is 9.23. The van der Waals surface area contributed by atoms with Gasteiger partial charge < -0.3 is 10.0 Å². The first-order chi connectivity index (χ1) is 7.33. The minimum atomic E-state index is 0.0565. The highest BCUT2D eigenvalue weighted by Gasteiger charge is 2.07. The van der Waals surface area contributed by atoms with Crippen molar-refractivity contribution in [2.45, 2.75) is 20.0 Å². The monoisotopic (exact) mass is 203 g/mol. The number of benzene rings is 1. The Kier molecular flexibility index (Phi) is 4.73. The lowest BCUT2D eigenvalue weighted by Gasteiger charge is -2.24. The first-order valence-electron chi connectivity index (χ1n) is 5.20. The number of rotatable bonds is 5. The number of anilines is 1. The average molecular weight is 203 g/mol. The molecule has 1 rings (SSSR count). The third-order valence-electron chi connectivity index (χ3n) is 2.28. The Bertz CT molecular complexity index is 341. The maximum absolute atomic E-state index is 9.23. The Balaban J connectivity index is 2.94. The van der Waals surface area contributed by atoms with Gasteiger partial charge in [0.05, 0.1) is 13.2 Å². The van der Waals surface area contributed by atoms with Gasteiger partial charge in [0.15, 0.2) is 0 Å². The molecule has 0 aliphatic carbocycles. The largest absolute Gasteiger partial charge is 0.392 e. The van der Waals surface area contributed by atoms with E-state index in [0.717, 1.165) is 24.2 Å². The zero-order valence-electron chi connectivity index (χ0n) is 9.11. The van der Waals surface area contributed by atoms with Gasteiger partial charge in [-0.15, -0.1) is 6.42 Å². The van der Waals surface area contributed by atoms with Crippen LogP contribution in [0, 0.1) is 12.3 Å². The summed E-state index contributed by atoms with van der Waals surface area (Å²) in [6, 6.07) is 7.82. The predicted molar refractivity (Wildman–Crippen MR) is 63.7 cm³/mol. The van der Waals surface area contributed by atoms with E-state index in [4.69, 9.17) is 6.42 Å². The molecule has 0 saturated carbocycles. The number of terminal acetylenes is 1. The van der Waals surface area contributed by atoms with Gasteiger partial charge in [-0.05, 0) is 12.5 Å². The summed E-state index contributed by atoms with van der Waals surface area (Å²) in [5.74, 6) is 2.65. The number of aliphatic hydroxyl groups is 1. The van der Waals surface area contributed by atoms with Crippen molar-refractivity contribution in [2.24, 2.45) is 0 Å². The fraction of sp³-hybridized carbons (Fsp3) is 0.385. The molecule has 0 saturated heterocycles. The molecule has 0 aromatic heterocycles. The zero-order valence-corrected chi connectivity index (χ0v) is 9.11. The first-order valence-corrected chi connectivity index (χ1v) is 5.20. The third kappa shape index (κ3) is 3.00. The number of nitrogens with zero attached hydrogens (tertiary/aromatic N) is 1.